The summed E-state index contributed by atoms with van der Waals surface area (Å²) in [5, 5.41) is 16.6. The van der Waals surface area contributed by atoms with E-state index in [0.29, 0.717) is 5.52 Å². The third kappa shape index (κ3) is 1.55. The predicted octanol–water partition coefficient (Wildman–Crippen LogP) is 2.01. The molecule has 0 saturated heterocycles. The molecule has 4 nitrogen and oxygen atoms in total. The van der Waals surface area contributed by atoms with Crippen molar-refractivity contribution in [2.24, 2.45) is 0 Å². The highest BCUT2D eigenvalue weighted by atomic mass is 16.5. The molecule has 0 aliphatic heterocycles. The fourth-order valence-corrected chi connectivity index (χ4v) is 1.49. The fourth-order valence-electron chi connectivity index (χ4n) is 1.49. The molecule has 4 heteroatoms. The highest BCUT2D eigenvalue weighted by Crippen LogP contribution is 2.13. The molecule has 0 fully saturated rings. The van der Waals surface area contributed by atoms with E-state index in [2.05, 4.69) is 17.2 Å². The molecule has 14 heavy (non-hydrogen) atoms. The smallest absolute Gasteiger partial charge is 0.130 e. The number of hydrogen-bond donors (Lipinski definition) is 1. The van der Waals surface area contributed by atoms with Gasteiger partial charge in [0, 0.05) is 0 Å². The first-order chi connectivity index (χ1) is 6.81. The van der Waals surface area contributed by atoms with Gasteiger partial charge in [-0.05, 0) is 35.8 Å². The van der Waals surface area contributed by atoms with Crippen molar-refractivity contribution in [2.75, 3.05) is 0 Å². The lowest BCUT2D eigenvalue weighted by Gasteiger charge is -1.98. The molecule has 1 aromatic carbocycles. The van der Waals surface area contributed by atoms with Crippen molar-refractivity contribution in [3.63, 3.8) is 0 Å². The van der Waals surface area contributed by atoms with E-state index in [1.165, 1.54) is 18.4 Å². The number of hydrogen-bond acceptors (Lipinski definition) is 3. The largest absolute Gasteiger partial charge is 0.410 e. The summed E-state index contributed by atoms with van der Waals surface area (Å²) in [6.45, 7) is 2.17. The Hall–Kier alpha value is -1.58. The summed E-state index contributed by atoms with van der Waals surface area (Å²) in [7, 11) is 0. The van der Waals surface area contributed by atoms with Crippen LogP contribution in [0.25, 0.3) is 11.0 Å². The molecule has 1 heterocycles. The van der Waals surface area contributed by atoms with Crippen LogP contribution in [0, 0.1) is 0 Å². The van der Waals surface area contributed by atoms with Crippen molar-refractivity contribution in [2.45, 2.75) is 26.2 Å². The first-order valence-electron chi connectivity index (χ1n) is 4.85. The van der Waals surface area contributed by atoms with Crippen LogP contribution < -0.4 is 0 Å². The molecule has 0 spiro atoms. The second-order valence-electron chi connectivity index (χ2n) is 3.41. The van der Waals surface area contributed by atoms with Gasteiger partial charge in [0.2, 0.25) is 0 Å². The Bertz CT molecular complexity index is 436. The van der Waals surface area contributed by atoms with Gasteiger partial charge in [-0.15, -0.1) is 5.10 Å². The zero-order valence-corrected chi connectivity index (χ0v) is 8.14. The average molecular weight is 191 g/mol. The third-order valence-electron chi connectivity index (χ3n) is 2.31. The molecule has 0 unspecified atom stereocenters. The highest BCUT2D eigenvalue weighted by Gasteiger charge is 2.03. The quantitative estimate of drug-likeness (QED) is 0.755. The van der Waals surface area contributed by atoms with Crippen LogP contribution >= 0.6 is 0 Å². The lowest BCUT2D eigenvalue weighted by Crippen LogP contribution is -1.91. The van der Waals surface area contributed by atoms with Crippen molar-refractivity contribution < 1.29 is 5.21 Å². The van der Waals surface area contributed by atoms with Gasteiger partial charge in [-0.3, -0.25) is 0 Å². The Morgan fingerprint density at radius 1 is 1.43 bits per heavy atom. The van der Waals surface area contributed by atoms with E-state index < -0.39 is 0 Å². The number of aryl methyl sites for hydroxylation is 1. The van der Waals surface area contributed by atoms with Gasteiger partial charge < -0.3 is 5.21 Å². The van der Waals surface area contributed by atoms with Crippen LogP contribution in [0.3, 0.4) is 0 Å². The van der Waals surface area contributed by atoms with Crippen molar-refractivity contribution in [3.05, 3.63) is 23.8 Å². The minimum absolute atomic E-state index is 0.658. The number of aromatic nitrogens is 3. The normalized spacial score (nSPS) is 10.9. The fraction of sp³-hybridized carbons (Fsp3) is 0.400. The lowest BCUT2D eigenvalue weighted by atomic mass is 10.1. The van der Waals surface area contributed by atoms with Gasteiger partial charge >= 0.3 is 0 Å². The third-order valence-corrected chi connectivity index (χ3v) is 2.31. The van der Waals surface area contributed by atoms with Crippen LogP contribution in [0.5, 0.6) is 0 Å². The molecule has 0 aliphatic carbocycles. The zero-order valence-electron chi connectivity index (χ0n) is 8.14. The summed E-state index contributed by atoms with van der Waals surface area (Å²) in [5.74, 6) is 0. The number of fused-ring (bicyclic) bond motifs is 1. The standard InChI is InChI=1S/C10H13N3O/c1-2-3-4-8-5-6-10-9(7-8)11-12-13(10)14/h5-7,14H,2-4H2,1H3. The molecular weight excluding hydrogens is 178 g/mol. The van der Waals surface area contributed by atoms with Gasteiger partial charge in [0.15, 0.2) is 0 Å². The monoisotopic (exact) mass is 191 g/mol. The molecule has 1 aromatic heterocycles. The first kappa shape index (κ1) is 8.99. The minimum Gasteiger partial charge on any atom is -0.410 e. The molecule has 0 saturated carbocycles. The summed E-state index contributed by atoms with van der Waals surface area (Å²) in [6, 6.07) is 5.83. The maximum absolute atomic E-state index is 9.22. The van der Waals surface area contributed by atoms with Gasteiger partial charge in [-0.2, -0.15) is 0 Å². The van der Waals surface area contributed by atoms with E-state index in [1.807, 2.05) is 18.2 Å². The van der Waals surface area contributed by atoms with E-state index in [1.54, 1.807) is 0 Å². The van der Waals surface area contributed by atoms with Gasteiger partial charge in [0.1, 0.15) is 11.0 Å². The maximum Gasteiger partial charge on any atom is 0.130 e. The molecule has 2 aromatic rings. The highest BCUT2D eigenvalue weighted by molar-refractivity contribution is 5.74. The Morgan fingerprint density at radius 2 is 2.29 bits per heavy atom. The molecule has 2 rings (SSSR count). The average Bonchev–Trinajstić information content (AvgIpc) is 2.57. The molecule has 0 aliphatic rings. The molecule has 74 valence electrons. The van der Waals surface area contributed by atoms with Gasteiger partial charge in [0.25, 0.3) is 0 Å². The van der Waals surface area contributed by atoms with E-state index in [-0.39, 0.29) is 0 Å². The van der Waals surface area contributed by atoms with E-state index >= 15 is 0 Å². The second-order valence-corrected chi connectivity index (χ2v) is 3.41. The summed E-state index contributed by atoms with van der Waals surface area (Å²) in [6.07, 6.45) is 3.42. The Balaban J connectivity index is 2.32. The molecule has 0 radical (unpaired) electrons. The maximum atomic E-state index is 9.22. The summed E-state index contributed by atoms with van der Waals surface area (Å²) in [4.78, 5) is 0.804. The minimum atomic E-state index is 0.658. The summed E-state index contributed by atoms with van der Waals surface area (Å²) in [5.41, 5.74) is 2.66. The van der Waals surface area contributed by atoms with Crippen LogP contribution in [0.4, 0.5) is 0 Å². The van der Waals surface area contributed by atoms with Crippen LogP contribution in [-0.4, -0.2) is 20.4 Å². The van der Waals surface area contributed by atoms with Crippen molar-refractivity contribution in [1.29, 1.82) is 0 Å². The van der Waals surface area contributed by atoms with Crippen molar-refractivity contribution >= 4 is 11.0 Å². The van der Waals surface area contributed by atoms with E-state index in [0.717, 1.165) is 16.8 Å². The Kier molecular flexibility index (Phi) is 2.35. The van der Waals surface area contributed by atoms with Crippen LogP contribution in [0.1, 0.15) is 25.3 Å². The molecular formula is C10H13N3O. The van der Waals surface area contributed by atoms with Gasteiger partial charge in [-0.1, -0.05) is 24.3 Å². The van der Waals surface area contributed by atoms with Gasteiger partial charge in [-0.25, -0.2) is 0 Å². The van der Waals surface area contributed by atoms with Gasteiger partial charge in [0.05, 0.1) is 0 Å². The Morgan fingerprint density at radius 3 is 3.07 bits per heavy atom. The molecule has 0 atom stereocenters. The number of rotatable bonds is 3. The van der Waals surface area contributed by atoms with Crippen LogP contribution in [0.15, 0.2) is 18.2 Å². The zero-order chi connectivity index (χ0) is 9.97. The van der Waals surface area contributed by atoms with Crippen LogP contribution in [0.2, 0.25) is 0 Å². The number of nitrogens with zero attached hydrogens (tertiary/aromatic N) is 3. The predicted molar refractivity (Wildman–Crippen MR) is 53.3 cm³/mol. The molecule has 0 amide bonds. The molecule has 0 bridgehead atoms. The summed E-state index contributed by atoms with van der Waals surface area (Å²) >= 11 is 0. The summed E-state index contributed by atoms with van der Waals surface area (Å²) < 4.78 is 0. The van der Waals surface area contributed by atoms with Crippen LogP contribution in [-0.2, 0) is 6.42 Å². The number of benzene rings is 1. The van der Waals surface area contributed by atoms with E-state index in [9.17, 15) is 5.21 Å². The SMILES string of the molecule is CCCCc1ccc2c(c1)nnn2O. The topological polar surface area (TPSA) is 50.9 Å². The molecule has 1 N–H and O–H groups in total. The van der Waals surface area contributed by atoms with E-state index in [4.69, 9.17) is 0 Å². The number of unbranched alkanes of at least 4 members (excludes halogenated alkanes) is 1. The van der Waals surface area contributed by atoms with Crippen molar-refractivity contribution in [1.82, 2.24) is 15.2 Å². The first-order valence-corrected chi connectivity index (χ1v) is 4.85. The van der Waals surface area contributed by atoms with Crippen molar-refractivity contribution in [3.8, 4) is 0 Å². The lowest BCUT2D eigenvalue weighted by molar-refractivity contribution is 0.155. The Labute approximate surface area is 82.1 Å². The second kappa shape index (κ2) is 3.65.